The lowest BCUT2D eigenvalue weighted by Gasteiger charge is -2.32. The molecule has 140 valence electrons. The van der Waals surface area contributed by atoms with Crippen LogP contribution < -0.4 is 19.5 Å². The Bertz CT molecular complexity index is 558. The summed E-state index contributed by atoms with van der Waals surface area (Å²) in [4.78, 5) is 12.4. The number of aryl methyl sites for hydroxylation is 1. The molecule has 0 aromatic heterocycles. The van der Waals surface area contributed by atoms with Gasteiger partial charge in [0, 0.05) is 5.28 Å². The van der Waals surface area contributed by atoms with Gasteiger partial charge in [-0.3, -0.25) is 10.1 Å². The lowest BCUT2D eigenvalue weighted by atomic mass is 9.96. The molecule has 0 radical (unpaired) electrons. The van der Waals surface area contributed by atoms with E-state index < -0.39 is 0 Å². The quantitative estimate of drug-likeness (QED) is 0.471. The first-order chi connectivity index (χ1) is 12.0. The van der Waals surface area contributed by atoms with Crippen molar-refractivity contribution in [1.82, 2.24) is 5.32 Å². The third-order valence-electron chi connectivity index (χ3n) is 4.65. The smallest absolute Gasteiger partial charge is 0.325 e. The molecule has 1 aliphatic rings. The number of hydrogen-bond acceptors (Lipinski definition) is 5. The average molecular weight is 367 g/mol. The summed E-state index contributed by atoms with van der Waals surface area (Å²) in [6.07, 6.45) is 8.33. The number of hydrogen-bond donors (Lipinski definition) is 1. The Morgan fingerprint density at radius 2 is 1.60 bits per heavy atom. The maximum atomic E-state index is 12.4. The van der Waals surface area contributed by atoms with Crippen molar-refractivity contribution in [2.75, 3.05) is 20.8 Å². The number of ether oxygens (including phenoxy) is 3. The van der Waals surface area contributed by atoms with Crippen LogP contribution in [-0.4, -0.2) is 32.0 Å². The van der Waals surface area contributed by atoms with E-state index in [9.17, 15) is 4.79 Å². The topological polar surface area (TPSA) is 56.8 Å². The molecular weight excluding hydrogens is 337 g/mol. The number of benzene rings is 1. The fraction of sp³-hybridized carbons (Fsp3) is 0.632. The summed E-state index contributed by atoms with van der Waals surface area (Å²) in [5.41, 5.74) is 0.977. The zero-order chi connectivity index (χ0) is 18.3. The van der Waals surface area contributed by atoms with E-state index in [1.807, 2.05) is 19.1 Å². The molecule has 1 unspecified atom stereocenters. The van der Waals surface area contributed by atoms with Gasteiger partial charge in [0.15, 0.2) is 11.5 Å². The maximum absolute atomic E-state index is 12.4. The number of esters is 1. The van der Waals surface area contributed by atoms with Gasteiger partial charge in [-0.2, -0.15) is 0 Å². The van der Waals surface area contributed by atoms with Gasteiger partial charge in [-0.25, -0.2) is 0 Å². The van der Waals surface area contributed by atoms with E-state index in [0.717, 1.165) is 18.4 Å². The first-order valence-corrected chi connectivity index (χ1v) is 9.52. The minimum atomic E-state index is -0.343. The van der Waals surface area contributed by atoms with E-state index in [0.29, 0.717) is 17.2 Å². The fourth-order valence-corrected chi connectivity index (χ4v) is 3.73. The van der Waals surface area contributed by atoms with Crippen molar-refractivity contribution in [3.8, 4) is 17.2 Å². The van der Waals surface area contributed by atoms with Gasteiger partial charge in [-0.15, -0.1) is 9.24 Å². The number of nitrogens with one attached hydrogen (secondary N) is 1. The second-order valence-corrected chi connectivity index (χ2v) is 7.86. The molecule has 1 saturated carbocycles. The summed E-state index contributed by atoms with van der Waals surface area (Å²) in [6, 6.07) is 3.65. The van der Waals surface area contributed by atoms with Crippen molar-refractivity contribution < 1.29 is 19.0 Å². The minimum Gasteiger partial charge on any atom is -0.493 e. The van der Waals surface area contributed by atoms with Crippen molar-refractivity contribution in [1.29, 1.82) is 0 Å². The molecule has 0 bridgehead atoms. The minimum absolute atomic E-state index is 0.0825. The SMILES string of the molecule is COc1cc(C)cc(OC)c1OC(=O)CNC1(P)CCCCCCC1. The Kier molecular flexibility index (Phi) is 7.52. The van der Waals surface area contributed by atoms with Gasteiger partial charge in [0.2, 0.25) is 5.75 Å². The molecule has 0 spiro atoms. The highest BCUT2D eigenvalue weighted by atomic mass is 31.0. The third-order valence-corrected chi connectivity index (χ3v) is 5.43. The number of carbonyl (C=O) groups excluding carboxylic acids is 1. The molecule has 1 N–H and O–H groups in total. The summed E-state index contributed by atoms with van der Waals surface area (Å²) >= 11 is 0. The predicted octanol–water partition coefficient (Wildman–Crippen LogP) is 3.82. The van der Waals surface area contributed by atoms with Crippen LogP contribution in [0.5, 0.6) is 17.2 Å². The normalized spacial score (nSPS) is 17.3. The first kappa shape index (κ1) is 20.0. The molecule has 0 heterocycles. The van der Waals surface area contributed by atoms with Crippen LogP contribution in [0.3, 0.4) is 0 Å². The zero-order valence-electron chi connectivity index (χ0n) is 15.5. The van der Waals surface area contributed by atoms with E-state index in [1.54, 1.807) is 14.2 Å². The van der Waals surface area contributed by atoms with Crippen LogP contribution in [0.1, 0.15) is 50.5 Å². The van der Waals surface area contributed by atoms with Crippen LogP contribution in [0.15, 0.2) is 12.1 Å². The van der Waals surface area contributed by atoms with Gasteiger partial charge in [0.1, 0.15) is 0 Å². The van der Waals surface area contributed by atoms with Crippen LogP contribution in [0.2, 0.25) is 0 Å². The summed E-state index contributed by atoms with van der Waals surface area (Å²) < 4.78 is 16.2. The highest BCUT2D eigenvalue weighted by Gasteiger charge is 2.26. The molecule has 1 aromatic rings. The van der Waals surface area contributed by atoms with Gasteiger partial charge < -0.3 is 14.2 Å². The van der Waals surface area contributed by atoms with E-state index in [2.05, 4.69) is 14.6 Å². The Morgan fingerprint density at radius 1 is 1.08 bits per heavy atom. The molecule has 0 aliphatic heterocycles. The predicted molar refractivity (Wildman–Crippen MR) is 103 cm³/mol. The van der Waals surface area contributed by atoms with Crippen LogP contribution in [0.4, 0.5) is 0 Å². The molecule has 1 fully saturated rings. The molecule has 1 atom stereocenters. The van der Waals surface area contributed by atoms with Crippen LogP contribution >= 0.6 is 9.24 Å². The van der Waals surface area contributed by atoms with E-state index in [-0.39, 0.29) is 17.8 Å². The monoisotopic (exact) mass is 367 g/mol. The average Bonchev–Trinajstić information content (AvgIpc) is 2.58. The standard InChI is InChI=1S/C19H30NO4P/c1-14-11-15(22-2)18(16(12-14)23-3)24-17(21)13-20-19(25)9-7-5-4-6-8-10-19/h11-12,20H,4-10,13,25H2,1-3H3. The summed E-state index contributed by atoms with van der Waals surface area (Å²) in [5.74, 6) is 0.982. The first-order valence-electron chi connectivity index (χ1n) is 8.94. The lowest BCUT2D eigenvalue weighted by Crippen LogP contribution is -2.43. The van der Waals surface area contributed by atoms with Gasteiger partial charge in [0.05, 0.1) is 20.8 Å². The van der Waals surface area contributed by atoms with Crippen molar-refractivity contribution >= 4 is 15.2 Å². The maximum Gasteiger partial charge on any atom is 0.325 e. The Hall–Kier alpha value is -1.32. The van der Waals surface area contributed by atoms with Crippen LogP contribution in [0, 0.1) is 6.92 Å². The Balaban J connectivity index is 2.00. The summed E-state index contributed by atoms with van der Waals surface area (Å²) in [7, 11) is 6.01. The molecule has 5 nitrogen and oxygen atoms in total. The zero-order valence-corrected chi connectivity index (χ0v) is 16.7. The third kappa shape index (κ3) is 5.86. The second-order valence-electron chi connectivity index (χ2n) is 6.75. The van der Waals surface area contributed by atoms with Gasteiger partial charge >= 0.3 is 5.97 Å². The second kappa shape index (κ2) is 9.40. The van der Waals surface area contributed by atoms with Crippen molar-refractivity contribution in [3.05, 3.63) is 17.7 Å². The Morgan fingerprint density at radius 3 is 2.12 bits per heavy atom. The van der Waals surface area contributed by atoms with Gasteiger partial charge in [-0.05, 0) is 37.5 Å². The number of carbonyl (C=O) groups is 1. The van der Waals surface area contributed by atoms with Crippen molar-refractivity contribution in [2.24, 2.45) is 0 Å². The van der Waals surface area contributed by atoms with Gasteiger partial charge in [0.25, 0.3) is 0 Å². The molecule has 6 heteroatoms. The molecule has 25 heavy (non-hydrogen) atoms. The molecule has 1 aromatic carbocycles. The highest BCUT2D eigenvalue weighted by Crippen LogP contribution is 2.38. The largest absolute Gasteiger partial charge is 0.493 e. The lowest BCUT2D eigenvalue weighted by molar-refractivity contribution is -0.133. The fourth-order valence-electron chi connectivity index (χ4n) is 3.22. The van der Waals surface area contributed by atoms with E-state index in [1.165, 1.54) is 32.1 Å². The molecule has 2 rings (SSSR count). The Labute approximate surface area is 153 Å². The molecular formula is C19H30NO4P. The van der Waals surface area contributed by atoms with E-state index in [4.69, 9.17) is 14.2 Å². The molecule has 0 saturated heterocycles. The summed E-state index contributed by atoms with van der Waals surface area (Å²) in [5, 5.41) is 3.30. The van der Waals surface area contributed by atoms with Crippen LogP contribution in [-0.2, 0) is 4.79 Å². The summed E-state index contributed by atoms with van der Waals surface area (Å²) in [6.45, 7) is 2.09. The van der Waals surface area contributed by atoms with Crippen LogP contribution in [0.25, 0.3) is 0 Å². The number of rotatable bonds is 6. The van der Waals surface area contributed by atoms with Gasteiger partial charge in [-0.1, -0.05) is 32.1 Å². The molecule has 1 aliphatic carbocycles. The van der Waals surface area contributed by atoms with E-state index >= 15 is 0 Å². The number of methoxy groups -OCH3 is 2. The molecule has 0 amide bonds. The highest BCUT2D eigenvalue weighted by molar-refractivity contribution is 7.18. The van der Waals surface area contributed by atoms with Crippen molar-refractivity contribution in [3.63, 3.8) is 0 Å². The van der Waals surface area contributed by atoms with Crippen molar-refractivity contribution in [2.45, 2.75) is 57.1 Å².